The largest absolute Gasteiger partial charge is 0.394 e. The Labute approximate surface area is 611 Å². The molecular weight excluding hydrogens is 1480 g/mol. The lowest BCUT2D eigenvalue weighted by Gasteiger charge is -2.51. The molecule has 9 fully saturated rings. The molecule has 45 atom stereocenters. The first kappa shape index (κ1) is 88.7. The highest BCUT2D eigenvalue weighted by molar-refractivity contribution is 5.74. The Morgan fingerprint density at radius 3 is 1.05 bits per heavy atom. The van der Waals surface area contributed by atoms with Gasteiger partial charge in [0, 0.05) is 20.8 Å². The van der Waals surface area contributed by atoms with Crippen molar-refractivity contribution >= 4 is 17.7 Å². The summed E-state index contributed by atoms with van der Waals surface area (Å²) in [5.74, 6) is -2.79. The SMILES string of the molecule is CC(=O)N[C@H]1[C@H](O[C@H]2[C@@H](O)[C@@H](CO[C@@H]3O[C@H](CO)[C@@H](O[C@@H]4O[C@H](CO)[C@H](O)[C@H](O[C@@H]5O[C@H](CO)[C@@H](O)[C@H](O[C@@H]6O[C@H](CO)[C@H](O)[C@H](O)[C@H]6O[C@@H]6O[C@@H](C)[C@@H](O)[C@@H](O)[C@@H]6O)[C@H]5NC(C)=O)[C@H]4O)[C@H](O)[C@H]3NC(C)=O)O[C@@H](O[C@H]3[C@H](O)[C@@H](O)[C@@H](O)O[C@@H]3CO)[C@@H]2O)O[C@H](CO)[C@@H](O[C@@H]2O[C@H](CO)[C@H](O)[C@H](O)[C@H]2O)[C@@H]1O. The molecule has 0 saturated carbocycles. The zero-order chi connectivity index (χ0) is 79.5. The number of hydrogen-bond donors (Lipinski definition) is 28. The molecule has 48 nitrogen and oxygen atoms in total. The van der Waals surface area contributed by atoms with E-state index in [0.717, 1.165) is 20.8 Å². The summed E-state index contributed by atoms with van der Waals surface area (Å²) in [5, 5.41) is 282. The van der Waals surface area contributed by atoms with Gasteiger partial charge in [0.1, 0.15) is 213 Å². The number of aliphatic hydroxyl groups is 25. The maximum absolute atomic E-state index is 13.1. The first-order valence-electron chi connectivity index (χ1n) is 34.5. The molecule has 9 saturated heterocycles. The maximum atomic E-state index is 13.1. The molecule has 0 aromatic heterocycles. The second-order valence-electron chi connectivity index (χ2n) is 27.4. The van der Waals surface area contributed by atoms with Gasteiger partial charge in [-0.25, -0.2) is 0 Å². The van der Waals surface area contributed by atoms with Gasteiger partial charge in [-0.2, -0.15) is 0 Å². The summed E-state index contributed by atoms with van der Waals surface area (Å²) in [6, 6.07) is -5.67. The molecule has 626 valence electrons. The number of aliphatic hydroxyl groups excluding tert-OH is 25. The summed E-state index contributed by atoms with van der Waals surface area (Å²) in [6.07, 6.45) is -84.1. The van der Waals surface area contributed by atoms with Crippen molar-refractivity contribution in [1.82, 2.24) is 16.0 Å². The van der Waals surface area contributed by atoms with Crippen molar-refractivity contribution in [2.45, 2.75) is 304 Å². The smallest absolute Gasteiger partial charge is 0.217 e. The lowest BCUT2D eigenvalue weighted by molar-refractivity contribution is -0.390. The van der Waals surface area contributed by atoms with Gasteiger partial charge in [0.05, 0.1) is 59.0 Å². The standard InChI is InChI=1S/C60H101N3O45/c1-13-28(74)36(82)41(87)56(93-13)108-51-38(84)30(76)18(6-65)98-60(51)105-48-27(63-16(4)73)55(95-19(7-66)31(48)77)107-49-32(78)20(8-67)97-58(43(49)89)103-45-22(10-69)99-53(25(34(45)80)61-14(2)71)92-12-24-33(79)50(44(90)59(101-24)104-47-21(9-68)94-52(91)40(86)39(47)85)106-54-26(62-15(3)72)35(81)46(23(11-70)100-54)102-57-42(88)37(83)29(75)17(5-64)96-57/h13,17-60,64-70,74-91H,5-12H2,1-4H3,(H,61,71)(H,62,72)(H,63,73)/t13-,17+,18+,19+,20+,21+,22+,23+,24+,25+,26+,27+,28+,29-,30-,31+,32-,33-,34+,35+,36+,37-,38-,39+,40+,41-,42+,43+,44+,45+,46+,47+,48+,49-,50-,51+,52-,53+,54-,55-,56-,57-,58-,59-,60-/m0/s1. The number of carbonyl (C=O) groups is 3. The van der Waals surface area contributed by atoms with E-state index in [1.165, 1.54) is 6.92 Å². The van der Waals surface area contributed by atoms with Crippen molar-refractivity contribution in [3.05, 3.63) is 0 Å². The van der Waals surface area contributed by atoms with Crippen LogP contribution in [0, 0.1) is 0 Å². The Kier molecular flexibility index (Phi) is 31.6. The lowest BCUT2D eigenvalue weighted by Crippen LogP contribution is -2.71. The van der Waals surface area contributed by atoms with E-state index < -0.39 is 347 Å². The molecule has 0 aromatic rings. The molecule has 48 heteroatoms. The average Bonchev–Trinajstić information content (AvgIpc) is 0.769. The second-order valence-corrected chi connectivity index (χ2v) is 27.4. The van der Waals surface area contributed by atoms with Crippen LogP contribution in [-0.2, 0) is 94.9 Å². The highest BCUT2D eigenvalue weighted by atomic mass is 16.8. The minimum Gasteiger partial charge on any atom is -0.394 e. The average molecular weight is 1580 g/mol. The summed E-state index contributed by atoms with van der Waals surface area (Å²) in [6.45, 7) is -4.39. The summed E-state index contributed by atoms with van der Waals surface area (Å²) in [5.41, 5.74) is 0. The molecule has 0 bridgehead atoms. The van der Waals surface area contributed by atoms with Crippen LogP contribution in [0.2, 0.25) is 0 Å². The Morgan fingerprint density at radius 1 is 0.259 bits per heavy atom. The lowest BCUT2D eigenvalue weighted by atomic mass is 9.94. The zero-order valence-corrected chi connectivity index (χ0v) is 58.0. The van der Waals surface area contributed by atoms with E-state index >= 15 is 0 Å². The third kappa shape index (κ3) is 19.1. The van der Waals surface area contributed by atoms with E-state index in [4.69, 9.17) is 80.5 Å². The first-order chi connectivity index (χ1) is 51.1. The van der Waals surface area contributed by atoms with Crippen molar-refractivity contribution in [3.8, 4) is 0 Å². The van der Waals surface area contributed by atoms with Gasteiger partial charge in [-0.1, -0.05) is 0 Å². The van der Waals surface area contributed by atoms with Gasteiger partial charge in [0.2, 0.25) is 17.7 Å². The summed E-state index contributed by atoms with van der Waals surface area (Å²) in [4.78, 5) is 38.9. The fourth-order valence-electron chi connectivity index (χ4n) is 14.0. The van der Waals surface area contributed by atoms with Gasteiger partial charge in [0.25, 0.3) is 0 Å². The van der Waals surface area contributed by atoms with Crippen LogP contribution in [0.3, 0.4) is 0 Å². The molecule has 0 aromatic carbocycles. The number of rotatable bonds is 27. The summed E-state index contributed by atoms with van der Waals surface area (Å²) < 4.78 is 99.4. The minimum atomic E-state index is -2.37. The van der Waals surface area contributed by atoms with Gasteiger partial charge in [0.15, 0.2) is 56.6 Å². The van der Waals surface area contributed by atoms with Crippen LogP contribution in [0.4, 0.5) is 0 Å². The predicted octanol–water partition coefficient (Wildman–Crippen LogP) is -19.2. The maximum Gasteiger partial charge on any atom is 0.217 e. The molecule has 0 unspecified atom stereocenters. The normalized spacial score (nSPS) is 50.4. The van der Waals surface area contributed by atoms with E-state index in [9.17, 15) is 142 Å². The molecular formula is C60H101N3O45. The Balaban J connectivity index is 0.953. The Bertz CT molecular complexity index is 2820. The molecule has 28 N–H and O–H groups in total. The highest BCUT2D eigenvalue weighted by Crippen LogP contribution is 2.40. The van der Waals surface area contributed by atoms with Crippen molar-refractivity contribution < 1.29 is 223 Å². The second kappa shape index (κ2) is 38.5. The number of ether oxygens (including phenoxy) is 17. The van der Waals surface area contributed by atoms with Crippen molar-refractivity contribution in [3.63, 3.8) is 0 Å². The molecule has 0 spiro atoms. The van der Waals surface area contributed by atoms with Gasteiger partial charge >= 0.3 is 0 Å². The molecule has 9 rings (SSSR count). The summed E-state index contributed by atoms with van der Waals surface area (Å²) >= 11 is 0. The van der Waals surface area contributed by atoms with Gasteiger partial charge < -0.3 is 224 Å². The quantitative estimate of drug-likeness (QED) is 0.0363. The topological polar surface area (TPSA) is 750 Å². The Hall–Kier alpha value is -3.27. The fraction of sp³-hybridized carbons (Fsp3) is 0.950. The van der Waals surface area contributed by atoms with Crippen molar-refractivity contribution in [2.75, 3.05) is 52.9 Å². The molecule has 9 aliphatic heterocycles. The number of carbonyl (C=O) groups excluding carboxylic acids is 3. The highest BCUT2D eigenvalue weighted by Gasteiger charge is 2.61. The van der Waals surface area contributed by atoms with E-state index in [-0.39, 0.29) is 0 Å². The van der Waals surface area contributed by atoms with Crippen LogP contribution < -0.4 is 16.0 Å². The number of nitrogens with one attached hydrogen (secondary N) is 3. The third-order valence-corrected chi connectivity index (χ3v) is 19.9. The van der Waals surface area contributed by atoms with E-state index in [1.807, 2.05) is 0 Å². The van der Waals surface area contributed by atoms with Crippen molar-refractivity contribution in [1.29, 1.82) is 0 Å². The molecule has 0 radical (unpaired) electrons. The fourth-order valence-corrected chi connectivity index (χ4v) is 14.0. The van der Waals surface area contributed by atoms with Crippen LogP contribution in [0.5, 0.6) is 0 Å². The van der Waals surface area contributed by atoms with Crippen LogP contribution in [0.1, 0.15) is 27.7 Å². The van der Waals surface area contributed by atoms with Crippen LogP contribution in [-0.4, -0.2) is 474 Å². The van der Waals surface area contributed by atoms with Gasteiger partial charge in [-0.3, -0.25) is 14.4 Å². The predicted molar refractivity (Wildman–Crippen MR) is 330 cm³/mol. The van der Waals surface area contributed by atoms with Gasteiger partial charge in [-0.15, -0.1) is 0 Å². The third-order valence-electron chi connectivity index (χ3n) is 19.9. The summed E-state index contributed by atoms with van der Waals surface area (Å²) in [7, 11) is 0. The van der Waals surface area contributed by atoms with Crippen LogP contribution >= 0.6 is 0 Å². The molecule has 9 aliphatic rings. The van der Waals surface area contributed by atoms with Crippen LogP contribution in [0.25, 0.3) is 0 Å². The first-order valence-corrected chi connectivity index (χ1v) is 34.5. The number of hydrogen-bond acceptors (Lipinski definition) is 45. The molecule has 9 heterocycles. The van der Waals surface area contributed by atoms with Gasteiger partial charge in [-0.05, 0) is 6.92 Å². The molecule has 108 heavy (non-hydrogen) atoms. The molecule has 0 aliphatic carbocycles. The van der Waals surface area contributed by atoms with Crippen LogP contribution in [0.15, 0.2) is 0 Å². The van der Waals surface area contributed by atoms with E-state index in [1.54, 1.807) is 0 Å². The Morgan fingerprint density at radius 2 is 0.565 bits per heavy atom. The monoisotopic (exact) mass is 1580 g/mol. The minimum absolute atomic E-state index is 0.916. The zero-order valence-electron chi connectivity index (χ0n) is 58.0. The molecule has 3 amide bonds. The van der Waals surface area contributed by atoms with E-state index in [2.05, 4.69) is 16.0 Å². The van der Waals surface area contributed by atoms with E-state index in [0.29, 0.717) is 0 Å². The number of amides is 3. The van der Waals surface area contributed by atoms with Crippen molar-refractivity contribution in [2.24, 2.45) is 0 Å².